The SMILES string of the molecule is CC[C@H]1O[C@@H]2OC(C)(C)O[C@@H]2[C@H]1OCc1oc(F)cc1C. The van der Waals surface area contributed by atoms with Crippen molar-refractivity contribution >= 4 is 0 Å². The van der Waals surface area contributed by atoms with E-state index in [4.69, 9.17) is 23.4 Å². The lowest BCUT2D eigenvalue weighted by Crippen LogP contribution is -2.36. The van der Waals surface area contributed by atoms with Crippen LogP contribution in [0.15, 0.2) is 10.5 Å². The van der Waals surface area contributed by atoms with Crippen LogP contribution in [-0.2, 0) is 25.6 Å². The van der Waals surface area contributed by atoms with Gasteiger partial charge in [-0.3, -0.25) is 0 Å². The molecule has 4 atom stereocenters. The zero-order valence-electron chi connectivity index (χ0n) is 12.7. The number of rotatable bonds is 4. The average molecular weight is 300 g/mol. The Morgan fingerprint density at radius 2 is 2.10 bits per heavy atom. The van der Waals surface area contributed by atoms with E-state index in [2.05, 4.69) is 0 Å². The third-order valence-electron chi connectivity index (χ3n) is 3.89. The summed E-state index contributed by atoms with van der Waals surface area (Å²) in [4.78, 5) is 0. The highest BCUT2D eigenvalue weighted by atomic mass is 19.1. The lowest BCUT2D eigenvalue weighted by atomic mass is 10.1. The Kier molecular flexibility index (Phi) is 3.81. The van der Waals surface area contributed by atoms with Crippen molar-refractivity contribution in [3.63, 3.8) is 0 Å². The molecular formula is C15H21FO5. The maximum atomic E-state index is 13.1. The Hall–Kier alpha value is -0.950. The Bertz CT molecular complexity index is 512. The van der Waals surface area contributed by atoms with Gasteiger partial charge in [0.05, 0.1) is 6.10 Å². The number of halogens is 1. The van der Waals surface area contributed by atoms with Crippen molar-refractivity contribution in [2.75, 3.05) is 0 Å². The van der Waals surface area contributed by atoms with Crippen LogP contribution >= 0.6 is 0 Å². The van der Waals surface area contributed by atoms with Crippen molar-refractivity contribution in [2.24, 2.45) is 0 Å². The summed E-state index contributed by atoms with van der Waals surface area (Å²) in [5, 5.41) is 0. The lowest BCUT2D eigenvalue weighted by molar-refractivity contribution is -0.219. The van der Waals surface area contributed by atoms with Gasteiger partial charge >= 0.3 is 0 Å². The van der Waals surface area contributed by atoms with Gasteiger partial charge in [0, 0.05) is 6.07 Å². The van der Waals surface area contributed by atoms with Crippen molar-refractivity contribution in [3.8, 4) is 0 Å². The summed E-state index contributed by atoms with van der Waals surface area (Å²) in [7, 11) is 0. The van der Waals surface area contributed by atoms with E-state index < -0.39 is 18.1 Å². The molecule has 2 fully saturated rings. The van der Waals surface area contributed by atoms with Crippen LogP contribution in [0.25, 0.3) is 0 Å². The molecule has 2 aliphatic heterocycles. The highest BCUT2D eigenvalue weighted by Crippen LogP contribution is 2.39. The van der Waals surface area contributed by atoms with Crippen LogP contribution < -0.4 is 0 Å². The van der Waals surface area contributed by atoms with Crippen LogP contribution in [0.3, 0.4) is 0 Å². The summed E-state index contributed by atoms with van der Waals surface area (Å²) >= 11 is 0. The smallest absolute Gasteiger partial charge is 0.278 e. The van der Waals surface area contributed by atoms with Crippen molar-refractivity contribution in [1.29, 1.82) is 0 Å². The molecule has 0 spiro atoms. The van der Waals surface area contributed by atoms with Gasteiger partial charge in [-0.2, -0.15) is 4.39 Å². The number of aryl methyl sites for hydroxylation is 1. The second-order valence-corrected chi connectivity index (χ2v) is 5.98. The number of hydrogen-bond donors (Lipinski definition) is 0. The summed E-state index contributed by atoms with van der Waals surface area (Å²) < 4.78 is 41.4. The Morgan fingerprint density at radius 3 is 2.71 bits per heavy atom. The van der Waals surface area contributed by atoms with Crippen molar-refractivity contribution in [2.45, 2.75) is 71.1 Å². The molecular weight excluding hydrogens is 279 g/mol. The maximum absolute atomic E-state index is 13.1. The van der Waals surface area contributed by atoms with E-state index >= 15 is 0 Å². The quantitative estimate of drug-likeness (QED) is 0.855. The van der Waals surface area contributed by atoms with Crippen LogP contribution in [0.2, 0.25) is 0 Å². The molecule has 0 aliphatic carbocycles. The van der Waals surface area contributed by atoms with Gasteiger partial charge in [-0.1, -0.05) is 6.92 Å². The summed E-state index contributed by atoms with van der Waals surface area (Å²) in [6.07, 6.45) is -0.254. The first-order valence-corrected chi connectivity index (χ1v) is 7.27. The third kappa shape index (κ3) is 2.85. The Labute approximate surface area is 123 Å². The fourth-order valence-corrected chi connectivity index (χ4v) is 2.87. The van der Waals surface area contributed by atoms with Gasteiger partial charge in [-0.15, -0.1) is 0 Å². The van der Waals surface area contributed by atoms with Crippen LogP contribution in [0.1, 0.15) is 38.5 Å². The molecule has 0 amide bonds. The molecule has 1 aromatic rings. The number of hydrogen-bond acceptors (Lipinski definition) is 5. The minimum absolute atomic E-state index is 0.101. The molecule has 21 heavy (non-hydrogen) atoms. The normalized spacial score (nSPS) is 34.3. The standard InChI is InChI=1S/C15H21FO5/c1-5-9-12(13-14(19-9)21-15(3,4)20-13)17-7-10-8(2)6-11(16)18-10/h6,9,12-14H,5,7H2,1-4H3/t9-,12+,13-,14-/m1/s1. The molecule has 6 heteroatoms. The molecule has 3 heterocycles. The molecule has 0 aromatic carbocycles. The van der Waals surface area contributed by atoms with Gasteiger partial charge in [0.1, 0.15) is 24.6 Å². The first-order chi connectivity index (χ1) is 9.89. The van der Waals surface area contributed by atoms with E-state index in [9.17, 15) is 4.39 Å². The fraction of sp³-hybridized carbons (Fsp3) is 0.733. The van der Waals surface area contributed by atoms with Gasteiger partial charge in [0.2, 0.25) is 0 Å². The number of furan rings is 1. The van der Waals surface area contributed by atoms with Crippen molar-refractivity contribution < 1.29 is 27.8 Å². The molecule has 2 saturated heterocycles. The second-order valence-electron chi connectivity index (χ2n) is 5.98. The molecule has 118 valence electrons. The first kappa shape index (κ1) is 15.0. The van der Waals surface area contributed by atoms with Crippen LogP contribution in [-0.4, -0.2) is 30.4 Å². The minimum atomic E-state index is -0.678. The second kappa shape index (κ2) is 5.35. The Balaban J connectivity index is 1.69. The summed E-state index contributed by atoms with van der Waals surface area (Å²) in [6, 6.07) is 0.752. The molecule has 0 unspecified atom stereocenters. The molecule has 0 N–H and O–H groups in total. The van der Waals surface area contributed by atoms with E-state index in [1.165, 1.54) is 6.07 Å². The molecule has 5 nitrogen and oxygen atoms in total. The third-order valence-corrected chi connectivity index (χ3v) is 3.89. The zero-order chi connectivity index (χ0) is 15.2. The van der Waals surface area contributed by atoms with Crippen LogP contribution in [0.5, 0.6) is 0 Å². The summed E-state index contributed by atoms with van der Waals surface area (Å²) in [6.45, 7) is 7.69. The molecule has 0 saturated carbocycles. The predicted molar refractivity (Wildman–Crippen MR) is 71.0 cm³/mol. The predicted octanol–water partition coefficient (Wildman–Crippen LogP) is 2.90. The molecule has 0 radical (unpaired) electrons. The summed E-state index contributed by atoms with van der Waals surface area (Å²) in [5.74, 6) is -0.188. The highest BCUT2D eigenvalue weighted by molar-refractivity contribution is 5.14. The number of ether oxygens (including phenoxy) is 4. The van der Waals surface area contributed by atoms with Crippen molar-refractivity contribution in [1.82, 2.24) is 0 Å². The van der Waals surface area contributed by atoms with Gasteiger partial charge in [0.15, 0.2) is 12.1 Å². The van der Waals surface area contributed by atoms with E-state index in [1.807, 2.05) is 20.8 Å². The van der Waals surface area contributed by atoms with Gasteiger partial charge in [0.25, 0.3) is 6.01 Å². The minimum Gasteiger partial charge on any atom is -0.433 e. The number of fused-ring (bicyclic) bond motifs is 1. The van der Waals surface area contributed by atoms with E-state index in [1.54, 1.807) is 6.92 Å². The Morgan fingerprint density at radius 1 is 1.33 bits per heavy atom. The molecule has 0 bridgehead atoms. The molecule has 3 rings (SSSR count). The van der Waals surface area contributed by atoms with E-state index in [0.717, 1.165) is 12.0 Å². The molecule has 2 aliphatic rings. The van der Waals surface area contributed by atoms with Gasteiger partial charge in [-0.25, -0.2) is 0 Å². The first-order valence-electron chi connectivity index (χ1n) is 7.27. The van der Waals surface area contributed by atoms with Crippen LogP contribution in [0, 0.1) is 12.9 Å². The monoisotopic (exact) mass is 300 g/mol. The van der Waals surface area contributed by atoms with Crippen LogP contribution in [0.4, 0.5) is 4.39 Å². The molecule has 1 aromatic heterocycles. The topological polar surface area (TPSA) is 50.1 Å². The van der Waals surface area contributed by atoms with Gasteiger partial charge in [-0.05, 0) is 32.8 Å². The van der Waals surface area contributed by atoms with E-state index in [-0.39, 0.29) is 24.9 Å². The van der Waals surface area contributed by atoms with Crippen molar-refractivity contribution in [3.05, 3.63) is 23.4 Å². The highest BCUT2D eigenvalue weighted by Gasteiger charge is 2.54. The largest absolute Gasteiger partial charge is 0.433 e. The lowest BCUT2D eigenvalue weighted by Gasteiger charge is -2.25. The average Bonchev–Trinajstić information content (AvgIpc) is 2.97. The fourth-order valence-electron chi connectivity index (χ4n) is 2.87. The summed E-state index contributed by atoms with van der Waals surface area (Å²) in [5.41, 5.74) is 0.736. The zero-order valence-corrected chi connectivity index (χ0v) is 12.7. The van der Waals surface area contributed by atoms with Gasteiger partial charge < -0.3 is 23.4 Å². The van der Waals surface area contributed by atoms with E-state index in [0.29, 0.717) is 5.76 Å². The maximum Gasteiger partial charge on any atom is 0.278 e.